The average molecular weight is 270 g/mol. The summed E-state index contributed by atoms with van der Waals surface area (Å²) in [6, 6.07) is 4.63. The molecule has 0 aliphatic heterocycles. The van der Waals surface area contributed by atoms with Crippen LogP contribution in [0, 0.1) is 5.82 Å². The molecule has 3 N–H and O–H groups in total. The highest BCUT2D eigenvalue weighted by Gasteiger charge is 2.06. The van der Waals surface area contributed by atoms with Gasteiger partial charge in [0.15, 0.2) is 5.96 Å². The van der Waals surface area contributed by atoms with E-state index in [4.69, 9.17) is 17.3 Å². The Morgan fingerprint density at radius 3 is 2.89 bits per heavy atom. The molecule has 0 unspecified atom stereocenters. The summed E-state index contributed by atoms with van der Waals surface area (Å²) >= 11 is 5.91. The highest BCUT2D eigenvalue weighted by Crippen LogP contribution is 2.18. The van der Waals surface area contributed by atoms with Crippen LogP contribution in [-0.4, -0.2) is 19.0 Å². The Morgan fingerprint density at radius 1 is 1.56 bits per heavy atom. The van der Waals surface area contributed by atoms with Crippen LogP contribution in [0.25, 0.3) is 0 Å². The molecule has 0 spiro atoms. The van der Waals surface area contributed by atoms with Gasteiger partial charge in [-0.2, -0.15) is 0 Å². The summed E-state index contributed by atoms with van der Waals surface area (Å²) in [7, 11) is 0. The van der Waals surface area contributed by atoms with E-state index in [1.807, 2.05) is 6.92 Å². The molecule has 0 aromatic heterocycles. The number of hydrogen-bond donors (Lipinski definition) is 2. The number of nitrogens with two attached hydrogens (primary N) is 1. The quantitative estimate of drug-likeness (QED) is 0.490. The molecule has 1 aromatic carbocycles. The number of halogens is 2. The van der Waals surface area contributed by atoms with Crippen LogP contribution in [0.3, 0.4) is 0 Å². The topological polar surface area (TPSA) is 50.4 Å². The first-order chi connectivity index (χ1) is 8.50. The van der Waals surface area contributed by atoms with Gasteiger partial charge in [0.1, 0.15) is 5.82 Å². The van der Waals surface area contributed by atoms with Crippen molar-refractivity contribution in [2.45, 2.75) is 13.3 Å². The number of rotatable bonds is 5. The Morgan fingerprint density at radius 2 is 2.28 bits per heavy atom. The average Bonchev–Trinajstić information content (AvgIpc) is 2.30. The molecule has 0 fully saturated rings. The van der Waals surface area contributed by atoms with E-state index >= 15 is 0 Å². The lowest BCUT2D eigenvalue weighted by atomic mass is 10.1. The fourth-order valence-corrected chi connectivity index (χ4v) is 1.62. The molecule has 0 aliphatic rings. The number of nitrogens with one attached hydrogen (secondary N) is 1. The van der Waals surface area contributed by atoms with E-state index in [9.17, 15) is 4.39 Å². The summed E-state index contributed by atoms with van der Waals surface area (Å²) in [5, 5.41) is 3.33. The van der Waals surface area contributed by atoms with E-state index in [1.165, 1.54) is 6.07 Å². The van der Waals surface area contributed by atoms with E-state index < -0.39 is 0 Å². The predicted molar refractivity (Wildman–Crippen MR) is 74.4 cm³/mol. The van der Waals surface area contributed by atoms with Crippen LogP contribution in [0.15, 0.2) is 35.3 Å². The maximum atomic E-state index is 13.4. The highest BCUT2D eigenvalue weighted by molar-refractivity contribution is 6.31. The van der Waals surface area contributed by atoms with Crippen molar-refractivity contribution in [3.8, 4) is 0 Å². The van der Waals surface area contributed by atoms with Crippen molar-refractivity contribution in [3.63, 3.8) is 0 Å². The minimum absolute atomic E-state index is 0.304. The van der Waals surface area contributed by atoms with Gasteiger partial charge in [0.05, 0.1) is 6.54 Å². The molecule has 18 heavy (non-hydrogen) atoms. The van der Waals surface area contributed by atoms with Gasteiger partial charge < -0.3 is 11.1 Å². The number of aliphatic imine (C=N–C) groups is 1. The Bertz CT molecular complexity index is 437. The van der Waals surface area contributed by atoms with Crippen LogP contribution in [0.4, 0.5) is 4.39 Å². The molecule has 1 rings (SSSR count). The number of guanidine groups is 1. The summed E-state index contributed by atoms with van der Waals surface area (Å²) in [6.07, 6.45) is 0.453. The van der Waals surface area contributed by atoms with Gasteiger partial charge in [-0.05, 0) is 25.5 Å². The molecule has 5 heteroatoms. The van der Waals surface area contributed by atoms with E-state index in [0.29, 0.717) is 36.1 Å². The summed E-state index contributed by atoms with van der Waals surface area (Å²) in [4.78, 5) is 4.06. The summed E-state index contributed by atoms with van der Waals surface area (Å²) < 4.78 is 13.4. The molecule has 0 radical (unpaired) electrons. The van der Waals surface area contributed by atoms with E-state index in [1.54, 1.807) is 12.1 Å². The second-order valence-corrected chi connectivity index (χ2v) is 4.44. The van der Waals surface area contributed by atoms with Gasteiger partial charge >= 0.3 is 0 Å². The van der Waals surface area contributed by atoms with Crippen LogP contribution in [0.5, 0.6) is 0 Å². The molecule has 0 bridgehead atoms. The van der Waals surface area contributed by atoms with E-state index in [-0.39, 0.29) is 5.82 Å². The molecule has 0 saturated heterocycles. The first-order valence-corrected chi connectivity index (χ1v) is 5.99. The SMILES string of the molecule is C=C(C)CN=C(N)NCCc1c(F)cccc1Cl. The van der Waals surface area contributed by atoms with Crippen molar-refractivity contribution in [3.05, 3.63) is 46.8 Å². The van der Waals surface area contributed by atoms with Crippen LogP contribution < -0.4 is 11.1 Å². The van der Waals surface area contributed by atoms with E-state index in [0.717, 1.165) is 5.57 Å². The molecule has 0 heterocycles. The third kappa shape index (κ3) is 4.75. The third-order valence-electron chi connectivity index (χ3n) is 2.26. The molecular weight excluding hydrogens is 253 g/mol. The van der Waals surface area contributed by atoms with Crippen LogP contribution in [-0.2, 0) is 6.42 Å². The maximum absolute atomic E-state index is 13.4. The number of hydrogen-bond acceptors (Lipinski definition) is 1. The largest absolute Gasteiger partial charge is 0.370 e. The molecular formula is C13H17ClFN3. The zero-order valence-electron chi connectivity index (χ0n) is 10.3. The van der Waals surface area contributed by atoms with Crippen LogP contribution in [0.1, 0.15) is 12.5 Å². The van der Waals surface area contributed by atoms with Crippen molar-refractivity contribution in [2.75, 3.05) is 13.1 Å². The van der Waals surface area contributed by atoms with Gasteiger partial charge in [-0.3, -0.25) is 0 Å². The zero-order chi connectivity index (χ0) is 13.5. The van der Waals surface area contributed by atoms with Crippen molar-refractivity contribution in [2.24, 2.45) is 10.7 Å². The Balaban J connectivity index is 2.47. The first kappa shape index (κ1) is 14.5. The number of nitrogens with zero attached hydrogens (tertiary/aromatic N) is 1. The third-order valence-corrected chi connectivity index (χ3v) is 2.62. The van der Waals surface area contributed by atoms with E-state index in [2.05, 4.69) is 16.9 Å². The Labute approximate surface area is 112 Å². The van der Waals surface area contributed by atoms with Gasteiger partial charge in [-0.1, -0.05) is 29.8 Å². The Hall–Kier alpha value is -1.55. The summed E-state index contributed by atoms with van der Waals surface area (Å²) in [5.74, 6) is 0.0206. The summed E-state index contributed by atoms with van der Waals surface area (Å²) in [6.45, 7) is 6.56. The van der Waals surface area contributed by atoms with Crippen molar-refractivity contribution < 1.29 is 4.39 Å². The lowest BCUT2D eigenvalue weighted by Gasteiger charge is -2.08. The molecule has 1 aromatic rings. The first-order valence-electron chi connectivity index (χ1n) is 5.61. The smallest absolute Gasteiger partial charge is 0.188 e. The van der Waals surface area contributed by atoms with Crippen molar-refractivity contribution in [1.82, 2.24) is 5.32 Å². The normalized spacial score (nSPS) is 11.4. The van der Waals surface area contributed by atoms with Crippen LogP contribution >= 0.6 is 11.6 Å². The van der Waals surface area contributed by atoms with Crippen molar-refractivity contribution in [1.29, 1.82) is 0 Å². The Kier molecular flexibility index (Phi) is 5.65. The van der Waals surface area contributed by atoms with Crippen LogP contribution in [0.2, 0.25) is 5.02 Å². The second kappa shape index (κ2) is 7.01. The van der Waals surface area contributed by atoms with Gasteiger partial charge in [-0.25, -0.2) is 9.38 Å². The standard InChI is InChI=1S/C13H17ClFN3/c1-9(2)8-18-13(16)17-7-6-10-11(14)4-3-5-12(10)15/h3-5H,1,6-8H2,2H3,(H3,16,17,18). The predicted octanol–water partition coefficient (Wildman–Crippen LogP) is 2.50. The van der Waals surface area contributed by atoms with Gasteiger partial charge in [0, 0.05) is 17.1 Å². The number of benzene rings is 1. The second-order valence-electron chi connectivity index (χ2n) is 4.04. The molecule has 0 aliphatic carbocycles. The molecule has 98 valence electrons. The zero-order valence-corrected chi connectivity index (χ0v) is 11.1. The van der Waals surface area contributed by atoms with Crippen molar-refractivity contribution >= 4 is 17.6 Å². The minimum atomic E-state index is -0.304. The summed E-state index contributed by atoms with van der Waals surface area (Å²) in [5.41, 5.74) is 7.05. The monoisotopic (exact) mass is 269 g/mol. The fourth-order valence-electron chi connectivity index (χ4n) is 1.36. The van der Waals surface area contributed by atoms with Gasteiger partial charge in [-0.15, -0.1) is 0 Å². The lowest BCUT2D eigenvalue weighted by Crippen LogP contribution is -2.33. The highest BCUT2D eigenvalue weighted by atomic mass is 35.5. The minimum Gasteiger partial charge on any atom is -0.370 e. The molecule has 3 nitrogen and oxygen atoms in total. The molecule has 0 atom stereocenters. The fraction of sp³-hybridized carbons (Fsp3) is 0.308. The maximum Gasteiger partial charge on any atom is 0.188 e. The lowest BCUT2D eigenvalue weighted by molar-refractivity contribution is 0.607. The van der Waals surface area contributed by atoms with Gasteiger partial charge in [0.25, 0.3) is 0 Å². The molecule has 0 saturated carbocycles. The molecule has 0 amide bonds. The van der Waals surface area contributed by atoms with Gasteiger partial charge in [0.2, 0.25) is 0 Å².